The van der Waals surface area contributed by atoms with Crippen LogP contribution in [0.2, 0.25) is 10.0 Å². The Hall–Kier alpha value is -4.59. The molecule has 194 valence electrons. The Balaban J connectivity index is 1.78. The van der Waals surface area contributed by atoms with E-state index in [1.165, 1.54) is 42.5 Å². The van der Waals surface area contributed by atoms with Crippen LogP contribution in [-0.4, -0.2) is 30.0 Å². The number of nitro benzene ring substituents is 1. The molecule has 2 amide bonds. The van der Waals surface area contributed by atoms with Crippen molar-refractivity contribution in [1.29, 1.82) is 5.26 Å². The van der Waals surface area contributed by atoms with E-state index < -0.39 is 23.3 Å². The van der Waals surface area contributed by atoms with Crippen LogP contribution in [-0.2, 0) is 9.59 Å². The van der Waals surface area contributed by atoms with Gasteiger partial charge < -0.3 is 20.1 Å². The summed E-state index contributed by atoms with van der Waals surface area (Å²) in [6.07, 6.45) is 1.27. The van der Waals surface area contributed by atoms with Crippen LogP contribution >= 0.6 is 23.2 Å². The second-order valence-corrected chi connectivity index (χ2v) is 8.33. The summed E-state index contributed by atoms with van der Waals surface area (Å²) in [5.41, 5.74) is 0.415. The number of non-ortho nitro benzene ring substituents is 1. The molecule has 0 atom stereocenters. The first-order valence-corrected chi connectivity index (χ1v) is 11.8. The predicted octanol–water partition coefficient (Wildman–Crippen LogP) is 5.86. The first-order chi connectivity index (χ1) is 18.2. The Bertz CT molecular complexity index is 1450. The van der Waals surface area contributed by atoms with E-state index in [4.69, 9.17) is 32.7 Å². The predicted molar refractivity (Wildman–Crippen MR) is 144 cm³/mol. The van der Waals surface area contributed by atoms with Crippen molar-refractivity contribution in [3.63, 3.8) is 0 Å². The Morgan fingerprint density at radius 1 is 1.05 bits per heavy atom. The number of halogens is 2. The van der Waals surface area contributed by atoms with E-state index in [0.29, 0.717) is 16.3 Å². The summed E-state index contributed by atoms with van der Waals surface area (Å²) in [5, 5.41) is 26.0. The number of ether oxygens (including phenoxy) is 2. The molecule has 3 rings (SSSR count). The van der Waals surface area contributed by atoms with E-state index in [2.05, 4.69) is 10.6 Å². The fourth-order valence-corrected chi connectivity index (χ4v) is 3.63. The second kappa shape index (κ2) is 13.1. The summed E-state index contributed by atoms with van der Waals surface area (Å²) >= 11 is 12.4. The molecule has 38 heavy (non-hydrogen) atoms. The van der Waals surface area contributed by atoms with Crippen molar-refractivity contribution in [3.8, 4) is 17.6 Å². The minimum Gasteiger partial charge on any atom is -0.490 e. The van der Waals surface area contributed by atoms with Crippen LogP contribution in [0.25, 0.3) is 6.08 Å². The number of carbonyl (C=O) groups excluding carboxylic acids is 2. The van der Waals surface area contributed by atoms with E-state index in [1.54, 1.807) is 37.3 Å². The number of nitrogens with one attached hydrogen (secondary N) is 2. The van der Waals surface area contributed by atoms with Crippen molar-refractivity contribution < 1.29 is 24.0 Å². The summed E-state index contributed by atoms with van der Waals surface area (Å²) < 4.78 is 11.2. The molecule has 0 radical (unpaired) electrons. The molecule has 0 aromatic heterocycles. The van der Waals surface area contributed by atoms with Crippen LogP contribution in [0.15, 0.2) is 66.2 Å². The molecule has 3 aromatic carbocycles. The Morgan fingerprint density at radius 3 is 2.50 bits per heavy atom. The highest BCUT2D eigenvalue weighted by Crippen LogP contribution is 2.37. The maximum absolute atomic E-state index is 12.6. The third kappa shape index (κ3) is 7.46. The minimum atomic E-state index is -0.779. The maximum Gasteiger partial charge on any atom is 0.271 e. The van der Waals surface area contributed by atoms with Crippen LogP contribution in [0.1, 0.15) is 12.5 Å². The highest BCUT2D eigenvalue weighted by Gasteiger charge is 2.17. The number of anilines is 2. The Kier molecular flexibility index (Phi) is 9.65. The fraction of sp³-hybridized carbons (Fsp3) is 0.115. The van der Waals surface area contributed by atoms with Gasteiger partial charge in [0.15, 0.2) is 18.1 Å². The van der Waals surface area contributed by atoms with E-state index in [-0.39, 0.29) is 40.1 Å². The summed E-state index contributed by atoms with van der Waals surface area (Å²) in [7, 11) is 0. The molecule has 2 N–H and O–H groups in total. The normalized spacial score (nSPS) is 10.7. The standard InChI is InChI=1S/C26H20Cl2N4O6/c1-2-37-23-12-16(10-17(14-29)26(34)30-18-6-5-7-19(13-18)32(35)36)11-21(28)25(23)38-15-24(33)31-22-9-4-3-8-20(22)27/h3-13H,2,15H2,1H3,(H,30,34)(H,31,33)/b17-10-. The van der Waals surface area contributed by atoms with Gasteiger partial charge in [-0.25, -0.2) is 0 Å². The lowest BCUT2D eigenvalue weighted by Gasteiger charge is -2.15. The number of hydrogen-bond acceptors (Lipinski definition) is 7. The minimum absolute atomic E-state index is 0.0733. The number of carbonyl (C=O) groups is 2. The van der Waals surface area contributed by atoms with Gasteiger partial charge in [0.1, 0.15) is 11.6 Å². The van der Waals surface area contributed by atoms with Gasteiger partial charge in [0.25, 0.3) is 17.5 Å². The third-order valence-electron chi connectivity index (χ3n) is 4.82. The molecule has 0 unspecified atom stereocenters. The van der Waals surface area contributed by atoms with Crippen molar-refractivity contribution in [2.24, 2.45) is 0 Å². The van der Waals surface area contributed by atoms with Crippen molar-refractivity contribution in [2.75, 3.05) is 23.8 Å². The van der Waals surface area contributed by atoms with Crippen molar-refractivity contribution in [1.82, 2.24) is 0 Å². The molecular weight excluding hydrogens is 535 g/mol. The molecule has 0 aliphatic heterocycles. The highest BCUT2D eigenvalue weighted by atomic mass is 35.5. The van der Waals surface area contributed by atoms with Crippen molar-refractivity contribution in [2.45, 2.75) is 6.92 Å². The average Bonchev–Trinajstić information content (AvgIpc) is 2.88. The first kappa shape index (κ1) is 28.0. The van der Waals surface area contributed by atoms with Gasteiger partial charge in [-0.1, -0.05) is 41.4 Å². The quantitative estimate of drug-likeness (QED) is 0.138. The lowest BCUT2D eigenvalue weighted by molar-refractivity contribution is -0.384. The third-order valence-corrected chi connectivity index (χ3v) is 5.43. The summed E-state index contributed by atoms with van der Waals surface area (Å²) in [4.78, 5) is 35.3. The lowest BCUT2D eigenvalue weighted by atomic mass is 10.1. The molecule has 0 saturated heterocycles. The number of para-hydroxylation sites is 1. The van der Waals surface area contributed by atoms with Gasteiger partial charge in [-0.15, -0.1) is 0 Å². The second-order valence-electron chi connectivity index (χ2n) is 7.51. The van der Waals surface area contributed by atoms with Gasteiger partial charge >= 0.3 is 0 Å². The SMILES string of the molecule is CCOc1cc(/C=C(/C#N)C(=O)Nc2cccc([N+](=O)[O-])c2)cc(Cl)c1OCC(=O)Nc1ccccc1Cl. The van der Waals surface area contributed by atoms with Crippen molar-refractivity contribution >= 4 is 58.2 Å². The number of rotatable bonds is 10. The maximum atomic E-state index is 12.6. The van der Waals surface area contributed by atoms with E-state index in [9.17, 15) is 25.0 Å². The molecule has 0 aliphatic carbocycles. The molecular formula is C26H20Cl2N4O6. The molecule has 0 spiro atoms. The number of amides is 2. The zero-order valence-electron chi connectivity index (χ0n) is 19.9. The molecule has 0 aliphatic rings. The number of nitriles is 1. The van der Waals surface area contributed by atoms with Crippen LogP contribution in [0.3, 0.4) is 0 Å². The number of hydrogen-bond donors (Lipinski definition) is 2. The number of nitro groups is 1. The summed E-state index contributed by atoms with van der Waals surface area (Å²) in [6, 6.07) is 16.8. The highest BCUT2D eigenvalue weighted by molar-refractivity contribution is 6.33. The van der Waals surface area contributed by atoms with Crippen LogP contribution < -0.4 is 20.1 Å². The van der Waals surface area contributed by atoms with Gasteiger partial charge in [0, 0.05) is 17.8 Å². The van der Waals surface area contributed by atoms with Crippen LogP contribution in [0, 0.1) is 21.4 Å². The largest absolute Gasteiger partial charge is 0.490 e. The monoisotopic (exact) mass is 554 g/mol. The molecule has 0 heterocycles. The smallest absolute Gasteiger partial charge is 0.271 e. The molecule has 0 bridgehead atoms. The van der Waals surface area contributed by atoms with Gasteiger partial charge in [-0.2, -0.15) is 5.26 Å². The fourth-order valence-electron chi connectivity index (χ4n) is 3.17. The van der Waals surface area contributed by atoms with E-state index in [0.717, 1.165) is 0 Å². The Labute approximate surface area is 227 Å². The lowest BCUT2D eigenvalue weighted by Crippen LogP contribution is -2.20. The number of benzene rings is 3. The molecule has 3 aromatic rings. The van der Waals surface area contributed by atoms with E-state index >= 15 is 0 Å². The number of nitrogens with zero attached hydrogens (tertiary/aromatic N) is 2. The Morgan fingerprint density at radius 2 is 1.82 bits per heavy atom. The molecule has 12 heteroatoms. The molecule has 0 fully saturated rings. The molecule has 10 nitrogen and oxygen atoms in total. The topological polar surface area (TPSA) is 144 Å². The van der Waals surface area contributed by atoms with Gasteiger partial charge in [0.2, 0.25) is 0 Å². The van der Waals surface area contributed by atoms with Gasteiger partial charge in [0.05, 0.1) is 27.3 Å². The zero-order chi connectivity index (χ0) is 27.7. The van der Waals surface area contributed by atoms with E-state index in [1.807, 2.05) is 0 Å². The van der Waals surface area contributed by atoms with Gasteiger partial charge in [-0.05, 0) is 48.9 Å². The molecule has 0 saturated carbocycles. The first-order valence-electron chi connectivity index (χ1n) is 11.0. The summed E-state index contributed by atoms with van der Waals surface area (Å²) in [5.74, 6) is -0.975. The zero-order valence-corrected chi connectivity index (χ0v) is 21.4. The summed E-state index contributed by atoms with van der Waals surface area (Å²) in [6.45, 7) is 1.58. The van der Waals surface area contributed by atoms with Crippen LogP contribution in [0.5, 0.6) is 11.5 Å². The van der Waals surface area contributed by atoms with Gasteiger partial charge in [-0.3, -0.25) is 19.7 Å². The van der Waals surface area contributed by atoms with Crippen LogP contribution in [0.4, 0.5) is 17.1 Å². The average molecular weight is 555 g/mol. The van der Waals surface area contributed by atoms with Crippen molar-refractivity contribution in [3.05, 3.63) is 92.0 Å².